The molecule has 0 bridgehead atoms. The Kier molecular flexibility index (Phi) is 7.45. The molecule has 1 aromatic heterocycles. The number of aromatic hydroxyl groups is 1. The Labute approximate surface area is 208 Å². The molecular formula is C23H25N5O5S2. The van der Waals surface area contributed by atoms with Crippen LogP contribution in [0.15, 0.2) is 70.2 Å². The summed E-state index contributed by atoms with van der Waals surface area (Å²) in [5, 5.41) is 22.5. The second kappa shape index (κ2) is 10.5. The first-order valence-corrected chi connectivity index (χ1v) is 12.6. The number of nitrogens with zero attached hydrogens (tertiary/aromatic N) is 4. The lowest BCUT2D eigenvalue weighted by Crippen LogP contribution is -2.40. The van der Waals surface area contributed by atoms with Gasteiger partial charge in [0.15, 0.2) is 5.69 Å². The zero-order valence-electron chi connectivity index (χ0n) is 19.0. The second-order valence-corrected chi connectivity index (χ2v) is 9.95. The maximum absolute atomic E-state index is 13.2. The molecule has 184 valence electrons. The van der Waals surface area contributed by atoms with Crippen LogP contribution in [0.4, 0.5) is 11.4 Å². The average molecular weight is 516 g/mol. The Bertz CT molecular complexity index is 1380. The van der Waals surface area contributed by atoms with Crippen molar-refractivity contribution in [3.8, 4) is 11.6 Å². The maximum atomic E-state index is 13.2. The molecule has 1 aliphatic rings. The first-order valence-electron chi connectivity index (χ1n) is 10.8. The second-order valence-electron chi connectivity index (χ2n) is 7.63. The van der Waals surface area contributed by atoms with Crippen molar-refractivity contribution in [3.05, 3.63) is 55.1 Å². The van der Waals surface area contributed by atoms with Gasteiger partial charge in [0.25, 0.3) is 0 Å². The van der Waals surface area contributed by atoms with Gasteiger partial charge in [-0.1, -0.05) is 6.08 Å². The van der Waals surface area contributed by atoms with Crippen LogP contribution in [0.3, 0.4) is 0 Å². The lowest BCUT2D eigenvalue weighted by Gasteiger charge is -2.26. The summed E-state index contributed by atoms with van der Waals surface area (Å²) in [5.74, 6) is 0.530. The van der Waals surface area contributed by atoms with E-state index < -0.39 is 10.0 Å². The SMILES string of the molecule is C=CCn1c(O)c(N=NC(=S)Nc2ccc(OC)cc2)c2cc(S(=O)(=O)N3CCOCC3)ccc21. The monoisotopic (exact) mass is 515 g/mol. The van der Waals surface area contributed by atoms with Gasteiger partial charge < -0.3 is 24.5 Å². The van der Waals surface area contributed by atoms with Gasteiger partial charge >= 0.3 is 0 Å². The number of aromatic nitrogens is 1. The van der Waals surface area contributed by atoms with Crippen LogP contribution in [-0.4, -0.2) is 60.9 Å². The number of methoxy groups -OCH3 is 1. The minimum Gasteiger partial charge on any atom is -0.497 e. The highest BCUT2D eigenvalue weighted by molar-refractivity contribution is 7.89. The number of hydrogen-bond donors (Lipinski definition) is 2. The van der Waals surface area contributed by atoms with E-state index in [9.17, 15) is 13.5 Å². The number of hydrogen-bond acceptors (Lipinski definition) is 7. The zero-order chi connectivity index (χ0) is 25.0. The van der Waals surface area contributed by atoms with Crippen LogP contribution in [0.1, 0.15) is 0 Å². The molecule has 0 amide bonds. The van der Waals surface area contributed by atoms with E-state index in [4.69, 9.17) is 21.7 Å². The molecule has 0 unspecified atom stereocenters. The highest BCUT2D eigenvalue weighted by atomic mass is 32.2. The van der Waals surface area contributed by atoms with Crippen LogP contribution in [-0.2, 0) is 21.3 Å². The molecule has 1 saturated heterocycles. The fraction of sp³-hybridized carbons (Fsp3) is 0.261. The molecule has 2 aromatic carbocycles. The van der Waals surface area contributed by atoms with Crippen molar-refractivity contribution in [1.29, 1.82) is 0 Å². The van der Waals surface area contributed by atoms with Gasteiger partial charge in [-0.05, 0) is 54.7 Å². The van der Waals surface area contributed by atoms with Gasteiger partial charge in [0, 0.05) is 30.7 Å². The number of benzene rings is 2. The Hall–Kier alpha value is -3.32. The van der Waals surface area contributed by atoms with Crippen molar-refractivity contribution >= 4 is 49.6 Å². The van der Waals surface area contributed by atoms with Gasteiger partial charge in [-0.15, -0.1) is 16.8 Å². The fourth-order valence-corrected chi connectivity index (χ4v) is 5.32. The molecule has 0 radical (unpaired) electrons. The molecule has 10 nitrogen and oxygen atoms in total. The van der Waals surface area contributed by atoms with E-state index in [0.29, 0.717) is 42.1 Å². The summed E-state index contributed by atoms with van der Waals surface area (Å²) in [6, 6.07) is 11.7. The summed E-state index contributed by atoms with van der Waals surface area (Å²) >= 11 is 5.27. The number of anilines is 1. The highest BCUT2D eigenvalue weighted by Crippen LogP contribution is 2.40. The molecule has 0 atom stereocenters. The number of fused-ring (bicyclic) bond motifs is 1. The molecule has 1 fully saturated rings. The molecule has 0 spiro atoms. The molecule has 2 heterocycles. The summed E-state index contributed by atoms with van der Waals surface area (Å²) in [6.07, 6.45) is 1.62. The quantitative estimate of drug-likeness (QED) is 0.277. The van der Waals surface area contributed by atoms with Gasteiger partial charge in [0.1, 0.15) is 5.75 Å². The van der Waals surface area contributed by atoms with Gasteiger partial charge in [-0.3, -0.25) is 0 Å². The van der Waals surface area contributed by atoms with Crippen molar-refractivity contribution in [2.24, 2.45) is 10.2 Å². The topological polar surface area (TPSA) is 118 Å². The smallest absolute Gasteiger partial charge is 0.243 e. The number of sulfonamides is 1. The zero-order valence-corrected chi connectivity index (χ0v) is 20.7. The van der Waals surface area contributed by atoms with Gasteiger partial charge in [-0.2, -0.15) is 4.31 Å². The summed E-state index contributed by atoms with van der Waals surface area (Å²) in [7, 11) is -2.16. The predicted octanol–water partition coefficient (Wildman–Crippen LogP) is 4.04. The van der Waals surface area contributed by atoms with Crippen molar-refractivity contribution in [3.63, 3.8) is 0 Å². The summed E-state index contributed by atoms with van der Waals surface area (Å²) < 4.78 is 39.7. The standard InChI is InChI=1S/C23H25N5O5S2/c1-3-10-28-20-9-8-18(35(30,31)27-11-13-33-14-12-27)15-19(20)21(22(28)29)25-26-23(34)24-16-4-6-17(32-2)7-5-16/h3-9,15,29H,1,10-14H2,2H3,(H,24,34). The van der Waals surface area contributed by atoms with E-state index in [-0.39, 0.29) is 34.7 Å². The molecule has 2 N–H and O–H groups in total. The van der Waals surface area contributed by atoms with Gasteiger partial charge in [0.2, 0.25) is 21.0 Å². The minimum atomic E-state index is -3.74. The lowest BCUT2D eigenvalue weighted by atomic mass is 10.2. The van der Waals surface area contributed by atoms with Crippen LogP contribution in [0.25, 0.3) is 10.9 Å². The van der Waals surface area contributed by atoms with Crippen molar-refractivity contribution < 1.29 is 23.0 Å². The van der Waals surface area contributed by atoms with Crippen molar-refractivity contribution in [2.75, 3.05) is 38.7 Å². The minimum absolute atomic E-state index is 0.0660. The van der Waals surface area contributed by atoms with Crippen LogP contribution < -0.4 is 10.1 Å². The number of rotatable bonds is 7. The summed E-state index contributed by atoms with van der Waals surface area (Å²) in [4.78, 5) is 0.0954. The average Bonchev–Trinajstić information content (AvgIpc) is 3.14. The summed E-state index contributed by atoms with van der Waals surface area (Å²) in [6.45, 7) is 5.26. The number of ether oxygens (including phenoxy) is 2. The third-order valence-corrected chi connectivity index (χ3v) is 7.56. The van der Waals surface area contributed by atoms with Crippen molar-refractivity contribution in [1.82, 2.24) is 8.87 Å². The molecule has 0 saturated carbocycles. The van der Waals surface area contributed by atoms with E-state index in [1.165, 1.54) is 16.4 Å². The molecule has 0 aliphatic carbocycles. The first kappa shape index (κ1) is 24.8. The molecule has 12 heteroatoms. The van der Waals surface area contributed by atoms with E-state index in [1.807, 2.05) is 0 Å². The normalized spacial score (nSPS) is 14.9. The third-order valence-electron chi connectivity index (χ3n) is 5.48. The Morgan fingerprint density at radius 2 is 1.97 bits per heavy atom. The molecule has 35 heavy (non-hydrogen) atoms. The Morgan fingerprint density at radius 3 is 2.63 bits per heavy atom. The fourth-order valence-electron chi connectivity index (χ4n) is 3.73. The lowest BCUT2D eigenvalue weighted by molar-refractivity contribution is 0.0730. The van der Waals surface area contributed by atoms with Gasteiger partial charge in [0.05, 0.1) is 30.7 Å². The highest BCUT2D eigenvalue weighted by Gasteiger charge is 2.28. The molecule has 4 rings (SSSR count). The molecule has 1 aliphatic heterocycles. The molecular weight excluding hydrogens is 490 g/mol. The number of azo groups is 1. The van der Waals surface area contributed by atoms with Crippen LogP contribution >= 0.6 is 12.2 Å². The first-order chi connectivity index (χ1) is 16.8. The van der Waals surface area contributed by atoms with Gasteiger partial charge in [-0.25, -0.2) is 8.42 Å². The van der Waals surface area contributed by atoms with Crippen LogP contribution in [0.5, 0.6) is 11.6 Å². The summed E-state index contributed by atoms with van der Waals surface area (Å²) in [5.41, 5.74) is 1.39. The Balaban J connectivity index is 1.68. The number of allylic oxidation sites excluding steroid dienone is 1. The predicted molar refractivity (Wildman–Crippen MR) is 137 cm³/mol. The number of morpholine rings is 1. The van der Waals surface area contributed by atoms with Crippen molar-refractivity contribution in [2.45, 2.75) is 11.4 Å². The number of thiocarbonyl (C=S) groups is 1. The largest absolute Gasteiger partial charge is 0.497 e. The number of nitrogens with one attached hydrogen (secondary N) is 1. The van der Waals surface area contributed by atoms with E-state index >= 15 is 0 Å². The van der Waals surface area contributed by atoms with E-state index in [2.05, 4.69) is 22.1 Å². The maximum Gasteiger partial charge on any atom is 0.243 e. The Morgan fingerprint density at radius 1 is 1.26 bits per heavy atom. The third kappa shape index (κ3) is 5.20. The van der Waals surface area contributed by atoms with Crippen LogP contribution in [0.2, 0.25) is 0 Å². The molecule has 3 aromatic rings. The van der Waals surface area contributed by atoms with E-state index in [1.54, 1.807) is 48.1 Å². The van der Waals surface area contributed by atoms with Crippen LogP contribution in [0, 0.1) is 0 Å². The van der Waals surface area contributed by atoms with E-state index in [0.717, 1.165) is 0 Å².